The van der Waals surface area contributed by atoms with Crippen molar-refractivity contribution in [3.63, 3.8) is 0 Å². The maximum absolute atomic E-state index is 5.66. The van der Waals surface area contributed by atoms with Crippen LogP contribution in [0.4, 0.5) is 5.82 Å². The summed E-state index contributed by atoms with van der Waals surface area (Å²) in [4.78, 5) is 8.59. The van der Waals surface area contributed by atoms with Crippen LogP contribution in [0.15, 0.2) is 36.4 Å². The fraction of sp³-hybridized carbons (Fsp3) is 0.231. The van der Waals surface area contributed by atoms with E-state index in [0.29, 0.717) is 11.7 Å². The van der Waals surface area contributed by atoms with Crippen molar-refractivity contribution < 1.29 is 4.74 Å². The van der Waals surface area contributed by atoms with Gasteiger partial charge in [0.05, 0.1) is 0 Å². The number of anilines is 1. The van der Waals surface area contributed by atoms with Crippen molar-refractivity contribution in [3.8, 4) is 11.6 Å². The van der Waals surface area contributed by atoms with E-state index in [1.165, 1.54) is 0 Å². The number of hydrogen-bond donors (Lipinski definition) is 2. The number of benzene rings is 1. The fourth-order valence-electron chi connectivity index (χ4n) is 1.54. The molecule has 2 aromatic rings. The number of hydrazine groups is 1. The zero-order chi connectivity index (χ0) is 12.8. The molecular formula is C13H16N4O. The van der Waals surface area contributed by atoms with Crippen LogP contribution in [0.1, 0.15) is 19.2 Å². The average Bonchev–Trinajstić information content (AvgIpc) is 2.40. The van der Waals surface area contributed by atoms with Gasteiger partial charge in [-0.25, -0.2) is 10.8 Å². The summed E-state index contributed by atoms with van der Waals surface area (Å²) in [6, 6.07) is 11.2. The summed E-state index contributed by atoms with van der Waals surface area (Å²) >= 11 is 0. The number of hydrogen-bond acceptors (Lipinski definition) is 5. The molecule has 0 aliphatic carbocycles. The summed E-state index contributed by atoms with van der Waals surface area (Å²) in [6.45, 7) is 2.07. The Morgan fingerprint density at radius 1 is 1.22 bits per heavy atom. The Morgan fingerprint density at radius 3 is 2.67 bits per heavy atom. The molecule has 0 aliphatic rings. The first-order valence-electron chi connectivity index (χ1n) is 5.89. The lowest BCUT2D eigenvalue weighted by molar-refractivity contribution is 0.458. The first kappa shape index (κ1) is 12.3. The Hall–Kier alpha value is -2.14. The van der Waals surface area contributed by atoms with Gasteiger partial charge in [-0.3, -0.25) is 0 Å². The van der Waals surface area contributed by atoms with E-state index in [9.17, 15) is 0 Å². The molecule has 0 radical (unpaired) electrons. The molecule has 0 fully saturated rings. The molecule has 0 amide bonds. The van der Waals surface area contributed by atoms with E-state index < -0.39 is 0 Å². The molecule has 0 saturated heterocycles. The molecule has 3 N–H and O–H groups in total. The molecular weight excluding hydrogens is 228 g/mol. The van der Waals surface area contributed by atoms with Crippen molar-refractivity contribution in [1.29, 1.82) is 0 Å². The number of aromatic nitrogens is 2. The van der Waals surface area contributed by atoms with Gasteiger partial charge in [0.2, 0.25) is 5.88 Å². The highest BCUT2D eigenvalue weighted by Gasteiger charge is 2.05. The van der Waals surface area contributed by atoms with Crippen LogP contribution in [0.25, 0.3) is 0 Å². The van der Waals surface area contributed by atoms with Crippen LogP contribution in [0.2, 0.25) is 0 Å². The molecule has 0 atom stereocenters. The Balaban J connectivity index is 2.24. The smallest absolute Gasteiger partial charge is 0.224 e. The minimum Gasteiger partial charge on any atom is -0.439 e. The summed E-state index contributed by atoms with van der Waals surface area (Å²) in [6.07, 6.45) is 1.76. The molecule has 18 heavy (non-hydrogen) atoms. The predicted molar refractivity (Wildman–Crippen MR) is 70.4 cm³/mol. The molecule has 1 heterocycles. The van der Waals surface area contributed by atoms with E-state index >= 15 is 0 Å². The summed E-state index contributed by atoms with van der Waals surface area (Å²) in [5.41, 5.74) is 2.52. The fourth-order valence-corrected chi connectivity index (χ4v) is 1.54. The van der Waals surface area contributed by atoms with Gasteiger partial charge < -0.3 is 10.2 Å². The highest BCUT2D eigenvalue weighted by Crippen LogP contribution is 2.21. The average molecular weight is 244 g/mol. The summed E-state index contributed by atoms with van der Waals surface area (Å²) in [5, 5.41) is 0. The zero-order valence-corrected chi connectivity index (χ0v) is 10.3. The first-order chi connectivity index (χ1) is 8.81. The van der Waals surface area contributed by atoms with Gasteiger partial charge in [0.1, 0.15) is 17.4 Å². The molecule has 0 unspecified atom stereocenters. The standard InChI is InChI=1S/C13H16N4O/c1-2-6-11-15-12(17-14)9-13(16-11)18-10-7-4-3-5-8-10/h3-5,7-9H,2,6,14H2,1H3,(H,15,16,17). The summed E-state index contributed by atoms with van der Waals surface area (Å²) in [7, 11) is 0. The van der Waals surface area contributed by atoms with Crippen molar-refractivity contribution in [2.24, 2.45) is 5.84 Å². The van der Waals surface area contributed by atoms with Crippen LogP contribution in [0, 0.1) is 0 Å². The maximum Gasteiger partial charge on any atom is 0.224 e. The van der Waals surface area contributed by atoms with Crippen molar-refractivity contribution in [2.75, 3.05) is 5.43 Å². The SMILES string of the molecule is CCCc1nc(NN)cc(Oc2ccccc2)n1. The molecule has 1 aromatic carbocycles. The third-order valence-electron chi connectivity index (χ3n) is 2.34. The highest BCUT2D eigenvalue weighted by atomic mass is 16.5. The van der Waals surface area contributed by atoms with Gasteiger partial charge >= 0.3 is 0 Å². The number of aryl methyl sites for hydroxylation is 1. The zero-order valence-electron chi connectivity index (χ0n) is 10.3. The van der Waals surface area contributed by atoms with Crippen molar-refractivity contribution in [2.45, 2.75) is 19.8 Å². The van der Waals surface area contributed by atoms with Gasteiger partial charge in [0.25, 0.3) is 0 Å². The van der Waals surface area contributed by atoms with Crippen LogP contribution in [0.3, 0.4) is 0 Å². The largest absolute Gasteiger partial charge is 0.439 e. The van der Waals surface area contributed by atoms with Crippen LogP contribution >= 0.6 is 0 Å². The Kier molecular flexibility index (Phi) is 4.09. The molecule has 0 saturated carbocycles. The van der Waals surface area contributed by atoms with Crippen molar-refractivity contribution >= 4 is 5.82 Å². The monoisotopic (exact) mass is 244 g/mol. The van der Waals surface area contributed by atoms with Gasteiger partial charge in [0, 0.05) is 12.5 Å². The minimum atomic E-state index is 0.493. The van der Waals surface area contributed by atoms with E-state index in [4.69, 9.17) is 10.6 Å². The van der Waals surface area contributed by atoms with E-state index in [1.54, 1.807) is 6.07 Å². The molecule has 0 spiro atoms. The number of nitrogens with two attached hydrogens (primary N) is 1. The maximum atomic E-state index is 5.66. The third-order valence-corrected chi connectivity index (χ3v) is 2.34. The molecule has 0 bridgehead atoms. The molecule has 0 aliphatic heterocycles. The summed E-state index contributed by atoms with van der Waals surface area (Å²) < 4.78 is 5.66. The Bertz CT molecular complexity index is 502. The van der Waals surface area contributed by atoms with Crippen LogP contribution in [0.5, 0.6) is 11.6 Å². The van der Waals surface area contributed by atoms with Crippen LogP contribution in [-0.2, 0) is 6.42 Å². The molecule has 5 nitrogen and oxygen atoms in total. The molecule has 2 rings (SSSR count). The lowest BCUT2D eigenvalue weighted by atomic mass is 10.3. The Labute approximate surface area is 106 Å². The quantitative estimate of drug-likeness (QED) is 0.624. The lowest BCUT2D eigenvalue weighted by Gasteiger charge is -2.08. The second kappa shape index (κ2) is 5.97. The second-order valence-corrected chi connectivity index (χ2v) is 3.82. The number of ether oxygens (including phenoxy) is 1. The molecule has 94 valence electrons. The third kappa shape index (κ3) is 3.18. The number of para-hydroxylation sites is 1. The van der Waals surface area contributed by atoms with Crippen molar-refractivity contribution in [1.82, 2.24) is 9.97 Å². The normalized spacial score (nSPS) is 10.1. The number of nitrogens with one attached hydrogen (secondary N) is 1. The molecule has 5 heteroatoms. The van der Waals surface area contributed by atoms with Gasteiger partial charge in [-0.1, -0.05) is 25.1 Å². The van der Waals surface area contributed by atoms with E-state index in [2.05, 4.69) is 22.3 Å². The van der Waals surface area contributed by atoms with E-state index in [1.807, 2.05) is 30.3 Å². The minimum absolute atomic E-state index is 0.493. The van der Waals surface area contributed by atoms with E-state index in [-0.39, 0.29) is 0 Å². The van der Waals surface area contributed by atoms with Gasteiger partial charge in [-0.15, -0.1) is 0 Å². The van der Waals surface area contributed by atoms with Gasteiger partial charge in [0.15, 0.2) is 0 Å². The molecule has 1 aromatic heterocycles. The second-order valence-electron chi connectivity index (χ2n) is 3.82. The van der Waals surface area contributed by atoms with E-state index in [0.717, 1.165) is 24.4 Å². The number of nitrogen functional groups attached to an aromatic ring is 1. The topological polar surface area (TPSA) is 73.1 Å². The summed E-state index contributed by atoms with van der Waals surface area (Å²) in [5.74, 6) is 7.89. The van der Waals surface area contributed by atoms with Crippen molar-refractivity contribution in [3.05, 3.63) is 42.2 Å². The van der Waals surface area contributed by atoms with Crippen LogP contribution < -0.4 is 16.0 Å². The number of nitrogens with zero attached hydrogens (tertiary/aromatic N) is 2. The van der Waals surface area contributed by atoms with Crippen LogP contribution in [-0.4, -0.2) is 9.97 Å². The van der Waals surface area contributed by atoms with Gasteiger partial charge in [-0.2, -0.15) is 4.98 Å². The Morgan fingerprint density at radius 2 is 2.00 bits per heavy atom. The number of rotatable bonds is 5. The lowest BCUT2D eigenvalue weighted by Crippen LogP contribution is -2.10. The highest BCUT2D eigenvalue weighted by molar-refractivity contribution is 5.38. The predicted octanol–water partition coefficient (Wildman–Crippen LogP) is 2.51. The first-order valence-corrected chi connectivity index (χ1v) is 5.89. The van der Waals surface area contributed by atoms with Gasteiger partial charge in [-0.05, 0) is 18.6 Å².